The Balaban J connectivity index is 1.89. The molecule has 0 radical (unpaired) electrons. The molecule has 1 aromatic heterocycles. The Morgan fingerprint density at radius 2 is 2.22 bits per heavy atom. The van der Waals surface area contributed by atoms with Gasteiger partial charge in [0, 0.05) is 25.3 Å². The van der Waals surface area contributed by atoms with E-state index in [1.165, 1.54) is 18.5 Å². The van der Waals surface area contributed by atoms with Crippen LogP contribution in [-0.4, -0.2) is 46.6 Å². The molecule has 0 unspecified atom stereocenters. The Morgan fingerprint density at radius 1 is 1.50 bits per heavy atom. The number of rotatable bonds is 3. The van der Waals surface area contributed by atoms with Crippen molar-refractivity contribution in [3.05, 3.63) is 24.0 Å². The van der Waals surface area contributed by atoms with Crippen LogP contribution in [0.2, 0.25) is 0 Å². The van der Waals surface area contributed by atoms with Crippen LogP contribution in [0.3, 0.4) is 0 Å². The van der Waals surface area contributed by atoms with Crippen molar-refractivity contribution in [1.29, 1.82) is 0 Å². The van der Waals surface area contributed by atoms with Gasteiger partial charge in [0.15, 0.2) is 0 Å². The van der Waals surface area contributed by atoms with Crippen LogP contribution < -0.4 is 5.32 Å². The van der Waals surface area contributed by atoms with Gasteiger partial charge in [-0.15, -0.1) is 0 Å². The molecule has 1 fully saturated rings. The van der Waals surface area contributed by atoms with Gasteiger partial charge in [-0.3, -0.25) is 9.78 Å². The third kappa shape index (κ3) is 3.20. The maximum absolute atomic E-state index is 11.9. The number of carbonyl (C=O) groups is 1. The fourth-order valence-corrected chi connectivity index (χ4v) is 2.21. The number of piperidine rings is 1. The molecule has 0 aliphatic carbocycles. The van der Waals surface area contributed by atoms with Gasteiger partial charge in [-0.05, 0) is 25.5 Å². The molecule has 0 atom stereocenters. The molecule has 2 rings (SSSR count). The van der Waals surface area contributed by atoms with Crippen molar-refractivity contribution in [3.8, 4) is 5.75 Å². The summed E-state index contributed by atoms with van der Waals surface area (Å²) in [7, 11) is 0. The molecule has 1 aliphatic heterocycles. The Morgan fingerprint density at radius 3 is 2.83 bits per heavy atom. The number of hydrogen-bond donors (Lipinski definition) is 2. The number of nitrogens with one attached hydrogen (secondary N) is 1. The summed E-state index contributed by atoms with van der Waals surface area (Å²) in [4.78, 5) is 18.1. The number of nitrogens with zero attached hydrogens (tertiary/aromatic N) is 2. The van der Waals surface area contributed by atoms with Gasteiger partial charge in [-0.2, -0.15) is 0 Å². The van der Waals surface area contributed by atoms with Gasteiger partial charge in [-0.25, -0.2) is 0 Å². The Kier molecular flexibility index (Phi) is 4.15. The monoisotopic (exact) mass is 249 g/mol. The minimum absolute atomic E-state index is 0.0171. The van der Waals surface area contributed by atoms with Gasteiger partial charge < -0.3 is 15.3 Å². The van der Waals surface area contributed by atoms with Crippen molar-refractivity contribution in [3.63, 3.8) is 0 Å². The second-order valence-corrected chi connectivity index (χ2v) is 4.61. The molecule has 1 aromatic rings. The summed E-state index contributed by atoms with van der Waals surface area (Å²) in [5, 5.41) is 12.3. The van der Waals surface area contributed by atoms with Crippen LogP contribution in [0, 0.1) is 0 Å². The lowest BCUT2D eigenvalue weighted by atomic mass is 10.0. The normalized spacial score (nSPS) is 17.6. The van der Waals surface area contributed by atoms with Gasteiger partial charge in [0.05, 0.1) is 11.8 Å². The molecular formula is C13H19N3O2. The highest BCUT2D eigenvalue weighted by Crippen LogP contribution is 2.12. The molecule has 1 amide bonds. The zero-order valence-corrected chi connectivity index (χ0v) is 10.6. The van der Waals surface area contributed by atoms with Gasteiger partial charge in [-0.1, -0.05) is 6.92 Å². The number of aromatic nitrogens is 1. The summed E-state index contributed by atoms with van der Waals surface area (Å²) in [5.41, 5.74) is 0.410. The van der Waals surface area contributed by atoms with E-state index >= 15 is 0 Å². The summed E-state index contributed by atoms with van der Waals surface area (Å²) >= 11 is 0. The lowest BCUT2D eigenvalue weighted by Gasteiger charge is -2.31. The van der Waals surface area contributed by atoms with Crippen molar-refractivity contribution >= 4 is 5.91 Å². The molecular weight excluding hydrogens is 230 g/mol. The van der Waals surface area contributed by atoms with E-state index in [0.717, 1.165) is 32.5 Å². The molecule has 2 N–H and O–H groups in total. The summed E-state index contributed by atoms with van der Waals surface area (Å²) in [5.74, 6) is -0.142. The molecule has 18 heavy (non-hydrogen) atoms. The average Bonchev–Trinajstić information content (AvgIpc) is 2.39. The van der Waals surface area contributed by atoms with E-state index in [0.29, 0.717) is 5.56 Å². The highest BCUT2D eigenvalue weighted by Gasteiger charge is 2.20. The fourth-order valence-electron chi connectivity index (χ4n) is 2.21. The maximum atomic E-state index is 11.9. The number of pyridine rings is 1. The maximum Gasteiger partial charge on any atom is 0.253 e. The van der Waals surface area contributed by atoms with E-state index in [4.69, 9.17) is 0 Å². The first-order valence-electron chi connectivity index (χ1n) is 6.36. The fraction of sp³-hybridized carbons (Fsp3) is 0.538. The number of carbonyl (C=O) groups excluding carboxylic acids is 1. The number of amides is 1. The van der Waals surface area contributed by atoms with Crippen molar-refractivity contribution in [2.45, 2.75) is 25.8 Å². The van der Waals surface area contributed by atoms with E-state index in [-0.39, 0.29) is 17.7 Å². The zero-order valence-electron chi connectivity index (χ0n) is 10.6. The largest absolute Gasteiger partial charge is 0.506 e. The van der Waals surface area contributed by atoms with Crippen LogP contribution in [0.4, 0.5) is 0 Å². The summed E-state index contributed by atoms with van der Waals surface area (Å²) in [6.45, 7) is 5.27. The molecule has 0 spiro atoms. The third-order valence-electron chi connectivity index (χ3n) is 3.36. The lowest BCUT2D eigenvalue weighted by Crippen LogP contribution is -2.44. The number of hydrogen-bond acceptors (Lipinski definition) is 4. The predicted molar refractivity (Wildman–Crippen MR) is 68.5 cm³/mol. The molecule has 1 aliphatic rings. The van der Waals surface area contributed by atoms with Crippen LogP contribution in [-0.2, 0) is 0 Å². The molecule has 2 heterocycles. The lowest BCUT2D eigenvalue weighted by molar-refractivity contribution is 0.0912. The Hall–Kier alpha value is -1.62. The zero-order chi connectivity index (χ0) is 13.0. The van der Waals surface area contributed by atoms with Crippen LogP contribution in [0.15, 0.2) is 18.5 Å². The molecule has 5 nitrogen and oxygen atoms in total. The topological polar surface area (TPSA) is 65.5 Å². The van der Waals surface area contributed by atoms with Crippen LogP contribution >= 0.6 is 0 Å². The standard InChI is InChI=1S/C13H19N3O2/c1-2-16-5-3-11(4-6-16)15-13(18)10-7-12(17)9-14-8-10/h7-9,11,17H,2-6H2,1H3,(H,15,18). The quantitative estimate of drug-likeness (QED) is 0.839. The molecule has 5 heteroatoms. The molecule has 0 aromatic carbocycles. The summed E-state index contributed by atoms with van der Waals surface area (Å²) in [6.07, 6.45) is 4.74. The summed E-state index contributed by atoms with van der Waals surface area (Å²) in [6, 6.07) is 1.66. The van der Waals surface area contributed by atoms with Gasteiger partial charge in [0.25, 0.3) is 5.91 Å². The minimum Gasteiger partial charge on any atom is -0.506 e. The molecule has 0 bridgehead atoms. The summed E-state index contributed by atoms with van der Waals surface area (Å²) < 4.78 is 0. The first-order chi connectivity index (χ1) is 8.69. The second-order valence-electron chi connectivity index (χ2n) is 4.61. The van der Waals surface area contributed by atoms with Crippen molar-refractivity contribution in [2.24, 2.45) is 0 Å². The Labute approximate surface area is 107 Å². The predicted octanol–water partition coefficient (Wildman–Crippen LogP) is 1.00. The molecule has 0 saturated carbocycles. The van der Waals surface area contributed by atoms with Gasteiger partial charge in [0.1, 0.15) is 5.75 Å². The van der Waals surface area contributed by atoms with Crippen molar-refractivity contribution < 1.29 is 9.90 Å². The Bertz CT molecular complexity index is 414. The number of likely N-dealkylation sites (tertiary alicyclic amines) is 1. The average molecular weight is 249 g/mol. The minimum atomic E-state index is -0.159. The first kappa shape index (κ1) is 12.8. The third-order valence-corrected chi connectivity index (χ3v) is 3.36. The van der Waals surface area contributed by atoms with Crippen LogP contribution in [0.25, 0.3) is 0 Å². The van der Waals surface area contributed by atoms with E-state index < -0.39 is 0 Å². The van der Waals surface area contributed by atoms with Gasteiger partial charge >= 0.3 is 0 Å². The van der Waals surface area contributed by atoms with Crippen LogP contribution in [0.5, 0.6) is 5.75 Å². The van der Waals surface area contributed by atoms with E-state index in [1.54, 1.807) is 0 Å². The number of aromatic hydroxyl groups is 1. The molecule has 1 saturated heterocycles. The van der Waals surface area contributed by atoms with Gasteiger partial charge in [0.2, 0.25) is 0 Å². The van der Waals surface area contributed by atoms with Crippen molar-refractivity contribution in [2.75, 3.05) is 19.6 Å². The highest BCUT2D eigenvalue weighted by molar-refractivity contribution is 5.94. The second kappa shape index (κ2) is 5.82. The molecule has 98 valence electrons. The van der Waals surface area contributed by atoms with E-state index in [9.17, 15) is 9.90 Å². The van der Waals surface area contributed by atoms with E-state index in [1.807, 2.05) is 0 Å². The first-order valence-corrected chi connectivity index (χ1v) is 6.36. The van der Waals surface area contributed by atoms with E-state index in [2.05, 4.69) is 22.1 Å². The highest BCUT2D eigenvalue weighted by atomic mass is 16.3. The van der Waals surface area contributed by atoms with Crippen LogP contribution in [0.1, 0.15) is 30.1 Å². The SMILES string of the molecule is CCN1CCC(NC(=O)c2cncc(O)c2)CC1. The smallest absolute Gasteiger partial charge is 0.253 e. The van der Waals surface area contributed by atoms with Crippen molar-refractivity contribution in [1.82, 2.24) is 15.2 Å².